The van der Waals surface area contributed by atoms with Crippen LogP contribution in [-0.4, -0.2) is 7.25 Å². The molecule has 0 aromatic heterocycles. The molecule has 0 atom stereocenters. The number of nitrogens with zero attached hydrogens (tertiary/aromatic N) is 32. The van der Waals surface area contributed by atoms with Crippen molar-refractivity contribution in [2.75, 3.05) is 0 Å². The fourth-order valence-electron chi connectivity index (χ4n) is 0. The Morgan fingerprint density at radius 3 is 0.195 bits per heavy atom. The molecule has 0 heterocycles. The van der Waals surface area contributed by atoms with Crippen molar-refractivity contribution in [1.82, 2.24) is 0 Å². The van der Waals surface area contributed by atoms with E-state index in [9.17, 15) is 17.3 Å². The van der Waals surface area contributed by atoms with Gasteiger partial charge in [0.1, 0.15) is 0 Å². The normalized spacial score (nSPS) is 27.2. The van der Waals surface area contributed by atoms with E-state index in [4.69, 9.17) is 122 Å². The molecule has 0 bridgehead atoms. The Labute approximate surface area is 175 Å². The first-order chi connectivity index (χ1) is 13.3. The van der Waals surface area contributed by atoms with E-state index in [0.717, 1.165) is 0 Å². The molecule has 0 rings (SSSR count). The van der Waals surface area contributed by atoms with Crippen LogP contribution >= 0.6 is 0 Å². The molecule has 0 aliphatic carbocycles. The molecule has 0 amide bonds. The SMILES string of the molecule is F[B-](F)(F)F.[N]#[Pd](#[N])(#[N])(#[N])(#[N])(#[N])(#[N])#[N].[N]#[Pd](#[N])(#[N])(#[N])(#[N])(#[N])(#[N])#[N].[N]#[Pd](#[N])(#[N])(#[N])(#[N])(#[N])(#[N])#[N].[N]#[Pd](#[N])(#[N])(#[N])(#[N])(#[N])(#[N])#[N]. The van der Waals surface area contributed by atoms with Crippen molar-refractivity contribution in [3.63, 3.8) is 0 Å². The van der Waals surface area contributed by atoms with Crippen LogP contribution in [-0.2, 0) is 30.9 Å². The molecule has 0 aromatic rings. The van der Waals surface area contributed by atoms with Crippen molar-refractivity contribution in [1.29, 1.82) is 122 Å². The molecule has 32 nitrogen and oxygen atoms in total. The van der Waals surface area contributed by atoms with E-state index in [1.165, 1.54) is 0 Å². The van der Waals surface area contributed by atoms with Gasteiger partial charge in [0, 0.05) is 0 Å². The standard InChI is InChI=1S/BF4.32N.4Pd/c2-1(3,4)5;;;;;;;;;;;;;;;;;;;;;;;;;;;;;;;;;;;;/q-1;;;;;;;;;;;;;;;;;;;;;;;;;;;;;;;;;;;;. The molecule has 0 fully saturated rings. The van der Waals surface area contributed by atoms with Gasteiger partial charge in [-0.15, -0.1) is 0 Å². The zero-order valence-electron chi connectivity index (χ0n) is 17.7. The maximum absolute atomic E-state index is 11.0. The molecule has 0 radical (unpaired) electrons. The van der Waals surface area contributed by atoms with Crippen molar-refractivity contribution in [2.24, 2.45) is 0 Å². The van der Waals surface area contributed by atoms with Crippen molar-refractivity contribution in [3.05, 3.63) is 0 Å². The summed E-state index contributed by atoms with van der Waals surface area (Å²) in [5.74, 6) is 0. The molecule has 0 aromatic carbocycles. The molecular formula is BF4N32Pd4-. The second-order valence-corrected chi connectivity index (χ2v) is 42.4. The summed E-state index contributed by atoms with van der Waals surface area (Å²) in [4.78, 5) is 0. The van der Waals surface area contributed by atoms with Gasteiger partial charge in [-0.2, -0.15) is 0 Å². The van der Waals surface area contributed by atoms with Gasteiger partial charge in [-0.25, -0.2) is 0 Å². The van der Waals surface area contributed by atoms with Crippen LogP contribution in [0.15, 0.2) is 0 Å². The number of hydrogen-bond acceptors (Lipinski definition) is 32. The van der Waals surface area contributed by atoms with Gasteiger partial charge in [0.25, 0.3) is 0 Å². The van der Waals surface area contributed by atoms with E-state index in [2.05, 4.69) is 0 Å². The van der Waals surface area contributed by atoms with Gasteiger partial charge >= 0.3 is 160 Å². The molecule has 0 spiro atoms. The summed E-state index contributed by atoms with van der Waals surface area (Å²) in [6.45, 7) is 0. The molecule has 41 heteroatoms. The van der Waals surface area contributed by atoms with E-state index >= 15 is 0 Å². The summed E-state index contributed by atoms with van der Waals surface area (Å²) in [5.41, 5.74) is 0. The molecule has 0 aliphatic heterocycles. The third kappa shape index (κ3) is 687. The summed E-state index contributed by atoms with van der Waals surface area (Å²) in [6, 6.07) is 0. The van der Waals surface area contributed by atoms with Crippen molar-refractivity contribution in [3.8, 4) is 0 Å². The Morgan fingerprint density at radius 2 is 0.195 bits per heavy atom. The Bertz CT molecular complexity index is 11800. The maximum atomic E-state index is 9.75. The molecule has 0 saturated carbocycles. The van der Waals surface area contributed by atoms with E-state index in [-0.39, 0.29) is 0 Å². The van der Waals surface area contributed by atoms with Gasteiger partial charge in [0.05, 0.1) is 0 Å². The summed E-state index contributed by atoms with van der Waals surface area (Å²) < 4.78 is 276. The van der Waals surface area contributed by atoms with E-state index in [0.29, 0.717) is 0 Å². The summed E-state index contributed by atoms with van der Waals surface area (Å²) in [5, 5.41) is 0. The molecular weight excluding hydrogens is 961 g/mol. The van der Waals surface area contributed by atoms with Crippen LogP contribution in [0.1, 0.15) is 0 Å². The van der Waals surface area contributed by atoms with Crippen molar-refractivity contribution in [2.45, 2.75) is 0 Å². The minimum atomic E-state index is -11.0. The quantitative estimate of drug-likeness (QED) is 0.246. The Morgan fingerprint density at radius 1 is 0.195 bits per heavy atom. The monoisotopic (exact) mass is 959 g/mol. The molecule has 232 valence electrons. The van der Waals surface area contributed by atoms with Crippen molar-refractivity contribution >= 4 is 7.25 Å². The first-order valence-corrected chi connectivity index (χ1v) is 27.6. The van der Waals surface area contributed by atoms with Gasteiger partial charge in [-0.3, -0.25) is 0 Å². The Balaban J connectivity index is -0.000000133. The summed E-state index contributed by atoms with van der Waals surface area (Å²) in [7, 11) is -50.1. The van der Waals surface area contributed by atoms with Crippen LogP contribution in [0.3, 0.4) is 0 Å². The average molecular weight is 961 g/mol. The van der Waals surface area contributed by atoms with E-state index in [1.54, 1.807) is 0 Å². The Hall–Kier alpha value is -6.85. The fraction of sp³-hybridized carbons (Fsp3) is 0. The number of halogens is 4. The second kappa shape index (κ2) is 2.77. The summed E-state index contributed by atoms with van der Waals surface area (Å²) in [6.07, 6.45) is 0. The first kappa shape index (κ1) is 44.2. The van der Waals surface area contributed by atoms with Gasteiger partial charge in [-0.05, 0) is 0 Å². The van der Waals surface area contributed by atoms with Gasteiger partial charge in [0.2, 0.25) is 0 Å². The van der Waals surface area contributed by atoms with Gasteiger partial charge in [-0.1, -0.05) is 0 Å². The van der Waals surface area contributed by atoms with Crippen LogP contribution in [0, 0.1) is 122 Å². The van der Waals surface area contributed by atoms with Crippen LogP contribution in [0.5, 0.6) is 0 Å². The Kier molecular flexibility index (Phi) is 2.99. The van der Waals surface area contributed by atoms with Crippen LogP contribution in [0.2, 0.25) is 0 Å². The molecule has 0 aliphatic rings. The first-order valence-electron chi connectivity index (χ1n) is 5.40. The average Bonchev–Trinajstić information content (AvgIpc) is 1.48. The predicted octanol–water partition coefficient (Wildman–Crippen LogP) is 1.77. The fourth-order valence-corrected chi connectivity index (χ4v) is 0. The number of hydrogen-bond donors (Lipinski definition) is 0. The van der Waals surface area contributed by atoms with E-state index in [1.807, 2.05) is 0 Å². The molecule has 0 unspecified atom stereocenters. The van der Waals surface area contributed by atoms with Crippen LogP contribution in [0.4, 0.5) is 17.3 Å². The van der Waals surface area contributed by atoms with E-state index < -0.39 is 38.1 Å². The zero-order valence-corrected chi connectivity index (χ0v) is 23.9. The second-order valence-electron chi connectivity index (χ2n) is 7.58. The number of rotatable bonds is 0. The predicted molar refractivity (Wildman–Crippen MR) is 65.4 cm³/mol. The van der Waals surface area contributed by atoms with Gasteiger partial charge in [0.15, 0.2) is 0 Å². The topological polar surface area (TPSA) is 761 Å². The minimum absolute atomic E-state index is 6.00. The van der Waals surface area contributed by atoms with Crippen LogP contribution in [0.25, 0.3) is 0 Å². The van der Waals surface area contributed by atoms with Crippen molar-refractivity contribution < 1.29 is 48.2 Å². The molecule has 0 saturated heterocycles. The third-order valence-electron chi connectivity index (χ3n) is 0. The van der Waals surface area contributed by atoms with Gasteiger partial charge < -0.3 is 17.3 Å². The molecule has 41 heavy (non-hydrogen) atoms. The zero-order chi connectivity index (χ0) is 37.9. The summed E-state index contributed by atoms with van der Waals surface area (Å²) >= 11 is 0. The van der Waals surface area contributed by atoms with Crippen LogP contribution < -0.4 is 0 Å². The third-order valence-corrected chi connectivity index (χ3v) is 0. The molecule has 0 N–H and O–H groups in total.